The Labute approximate surface area is 88.3 Å². The predicted molar refractivity (Wildman–Crippen MR) is 54.5 cm³/mol. The number of aldehydes is 1. The average molecular weight is 292 g/mol. The van der Waals surface area contributed by atoms with E-state index < -0.39 is 5.82 Å². The van der Waals surface area contributed by atoms with E-state index in [9.17, 15) is 14.0 Å². The molecule has 0 spiro atoms. The van der Waals surface area contributed by atoms with Crippen LogP contribution in [-0.2, 0) is 0 Å². The quantitative estimate of drug-likeness (QED) is 0.476. The fraction of sp³-hybridized carbons (Fsp3) is 0.111. The molecule has 0 aliphatic heterocycles. The molecule has 0 aliphatic carbocycles. The van der Waals surface area contributed by atoms with Crippen LogP contribution in [-0.4, -0.2) is 12.1 Å². The summed E-state index contributed by atoms with van der Waals surface area (Å²) in [7, 11) is 0. The second-order valence-corrected chi connectivity index (χ2v) is 3.58. The summed E-state index contributed by atoms with van der Waals surface area (Å²) in [5.74, 6) is -0.953. The topological polar surface area (TPSA) is 34.1 Å². The second-order valence-electron chi connectivity index (χ2n) is 2.50. The number of benzene rings is 1. The van der Waals surface area contributed by atoms with Gasteiger partial charge in [-0.1, -0.05) is 0 Å². The van der Waals surface area contributed by atoms with E-state index in [2.05, 4.69) is 0 Å². The van der Waals surface area contributed by atoms with Crippen molar-refractivity contribution >= 4 is 34.7 Å². The molecule has 0 amide bonds. The van der Waals surface area contributed by atoms with E-state index in [4.69, 9.17) is 0 Å². The number of carbonyl (C=O) groups excluding carboxylic acids is 2. The molecule has 0 aliphatic rings. The molecule has 0 N–H and O–H groups in total. The number of hydrogen-bond acceptors (Lipinski definition) is 2. The molecule has 1 aromatic carbocycles. The third kappa shape index (κ3) is 1.93. The normalized spacial score (nSPS) is 9.77. The van der Waals surface area contributed by atoms with Crippen LogP contribution in [0.15, 0.2) is 12.1 Å². The number of hydrogen-bond donors (Lipinski definition) is 0. The molecule has 0 fully saturated rings. The van der Waals surface area contributed by atoms with Crippen LogP contribution in [0.4, 0.5) is 4.39 Å². The highest BCUT2D eigenvalue weighted by atomic mass is 127. The monoisotopic (exact) mass is 292 g/mol. The highest BCUT2D eigenvalue weighted by Crippen LogP contribution is 2.19. The first-order valence-electron chi connectivity index (χ1n) is 3.52. The number of rotatable bonds is 2. The zero-order valence-electron chi connectivity index (χ0n) is 6.80. The van der Waals surface area contributed by atoms with Crippen LogP contribution >= 0.6 is 22.6 Å². The van der Waals surface area contributed by atoms with Crippen LogP contribution in [0.2, 0.25) is 0 Å². The van der Waals surface area contributed by atoms with E-state index in [1.165, 1.54) is 19.1 Å². The van der Waals surface area contributed by atoms with Crippen molar-refractivity contribution in [2.45, 2.75) is 6.92 Å². The minimum absolute atomic E-state index is 0.0231. The van der Waals surface area contributed by atoms with Crippen LogP contribution in [0.1, 0.15) is 27.6 Å². The van der Waals surface area contributed by atoms with Gasteiger partial charge in [0.2, 0.25) is 0 Å². The van der Waals surface area contributed by atoms with E-state index in [-0.39, 0.29) is 20.5 Å². The Morgan fingerprint density at radius 3 is 2.62 bits per heavy atom. The van der Waals surface area contributed by atoms with Crippen molar-refractivity contribution in [3.63, 3.8) is 0 Å². The molecule has 2 nitrogen and oxygen atoms in total. The smallest absolute Gasteiger partial charge is 0.162 e. The third-order valence-electron chi connectivity index (χ3n) is 1.62. The largest absolute Gasteiger partial charge is 0.298 e. The standard InChI is InChI=1S/C9H6FIO2/c1-5(13)7-3-2-6(4-12)9(11)8(7)10/h2-4H,1H3. The van der Waals surface area contributed by atoms with Gasteiger partial charge >= 0.3 is 0 Å². The van der Waals surface area contributed by atoms with Gasteiger partial charge in [0, 0.05) is 5.56 Å². The molecule has 0 radical (unpaired) electrons. The lowest BCUT2D eigenvalue weighted by Gasteiger charge is -2.02. The van der Waals surface area contributed by atoms with Gasteiger partial charge in [-0.3, -0.25) is 9.59 Å². The van der Waals surface area contributed by atoms with E-state index >= 15 is 0 Å². The van der Waals surface area contributed by atoms with Gasteiger partial charge in [0.25, 0.3) is 0 Å². The minimum atomic E-state index is -0.613. The SMILES string of the molecule is CC(=O)c1ccc(C=O)c(I)c1F. The maximum absolute atomic E-state index is 13.3. The summed E-state index contributed by atoms with van der Waals surface area (Å²) in [6.07, 6.45) is 0.564. The zero-order valence-corrected chi connectivity index (χ0v) is 8.96. The fourth-order valence-electron chi connectivity index (χ4n) is 0.927. The number of halogens is 2. The Morgan fingerprint density at radius 2 is 2.15 bits per heavy atom. The Kier molecular flexibility index (Phi) is 3.13. The molecule has 0 heterocycles. The summed E-state index contributed by atoms with van der Waals surface area (Å²) >= 11 is 1.71. The number of ketones is 1. The Bertz CT molecular complexity index is 374. The molecule has 1 rings (SSSR count). The summed E-state index contributed by atoms with van der Waals surface area (Å²) < 4.78 is 13.5. The molecule has 68 valence electrons. The highest BCUT2D eigenvalue weighted by molar-refractivity contribution is 14.1. The van der Waals surface area contributed by atoms with Crippen molar-refractivity contribution < 1.29 is 14.0 Å². The Hall–Kier alpha value is -0.780. The van der Waals surface area contributed by atoms with Gasteiger partial charge in [0.15, 0.2) is 12.1 Å². The zero-order chi connectivity index (χ0) is 10.0. The van der Waals surface area contributed by atoms with Gasteiger partial charge in [0.1, 0.15) is 5.82 Å². The van der Waals surface area contributed by atoms with Crippen LogP contribution in [0, 0.1) is 9.39 Å². The third-order valence-corrected chi connectivity index (χ3v) is 2.71. The molecular weight excluding hydrogens is 286 g/mol. The van der Waals surface area contributed by atoms with Crippen LogP contribution in [0.25, 0.3) is 0 Å². The lowest BCUT2D eigenvalue weighted by Crippen LogP contribution is -2.01. The Morgan fingerprint density at radius 1 is 1.54 bits per heavy atom. The summed E-state index contributed by atoms with van der Waals surface area (Å²) in [6, 6.07) is 2.76. The molecular formula is C9H6FIO2. The molecule has 13 heavy (non-hydrogen) atoms. The fourth-order valence-corrected chi connectivity index (χ4v) is 1.52. The average Bonchev–Trinajstić information content (AvgIpc) is 2.09. The van der Waals surface area contributed by atoms with Gasteiger partial charge in [-0.25, -0.2) is 4.39 Å². The molecule has 0 saturated heterocycles. The summed E-state index contributed by atoms with van der Waals surface area (Å²) in [5.41, 5.74) is 0.290. The number of Topliss-reactive ketones (excluding diaryl/α,β-unsaturated/α-hetero) is 1. The molecule has 0 atom stereocenters. The van der Waals surface area contributed by atoms with Crippen molar-refractivity contribution in [3.05, 3.63) is 32.6 Å². The first-order valence-corrected chi connectivity index (χ1v) is 4.60. The molecule has 4 heteroatoms. The second kappa shape index (κ2) is 3.95. The molecule has 1 aromatic rings. The lowest BCUT2D eigenvalue weighted by molar-refractivity contribution is 0.101. The van der Waals surface area contributed by atoms with Gasteiger partial charge < -0.3 is 0 Å². The van der Waals surface area contributed by atoms with Gasteiger partial charge in [-0.05, 0) is 41.6 Å². The molecule has 0 bridgehead atoms. The van der Waals surface area contributed by atoms with Crippen molar-refractivity contribution in [3.8, 4) is 0 Å². The van der Waals surface area contributed by atoms with E-state index in [1.54, 1.807) is 22.6 Å². The van der Waals surface area contributed by atoms with Crippen LogP contribution in [0.5, 0.6) is 0 Å². The minimum Gasteiger partial charge on any atom is -0.298 e. The maximum atomic E-state index is 13.3. The van der Waals surface area contributed by atoms with Crippen molar-refractivity contribution in [1.29, 1.82) is 0 Å². The van der Waals surface area contributed by atoms with Gasteiger partial charge in [0.05, 0.1) is 9.13 Å². The number of carbonyl (C=O) groups is 2. The van der Waals surface area contributed by atoms with E-state index in [0.717, 1.165) is 0 Å². The van der Waals surface area contributed by atoms with Crippen LogP contribution < -0.4 is 0 Å². The Balaban J connectivity index is 3.39. The summed E-state index contributed by atoms with van der Waals surface area (Å²) in [6.45, 7) is 1.29. The summed E-state index contributed by atoms with van der Waals surface area (Å²) in [4.78, 5) is 21.3. The first-order chi connectivity index (χ1) is 6.07. The van der Waals surface area contributed by atoms with Crippen molar-refractivity contribution in [1.82, 2.24) is 0 Å². The molecule has 0 saturated carbocycles. The lowest BCUT2D eigenvalue weighted by atomic mass is 10.1. The molecule has 0 aromatic heterocycles. The predicted octanol–water partition coefficient (Wildman–Crippen LogP) is 2.45. The van der Waals surface area contributed by atoms with E-state index in [0.29, 0.717) is 6.29 Å². The van der Waals surface area contributed by atoms with Crippen molar-refractivity contribution in [2.75, 3.05) is 0 Å². The van der Waals surface area contributed by atoms with Crippen molar-refractivity contribution in [2.24, 2.45) is 0 Å². The maximum Gasteiger partial charge on any atom is 0.162 e. The first kappa shape index (κ1) is 10.3. The van der Waals surface area contributed by atoms with E-state index in [1.807, 2.05) is 0 Å². The highest BCUT2D eigenvalue weighted by Gasteiger charge is 2.13. The van der Waals surface area contributed by atoms with Gasteiger partial charge in [-0.15, -0.1) is 0 Å². The molecule has 0 unspecified atom stereocenters. The summed E-state index contributed by atoms with van der Waals surface area (Å²) in [5, 5.41) is 0. The van der Waals surface area contributed by atoms with Gasteiger partial charge in [-0.2, -0.15) is 0 Å². The van der Waals surface area contributed by atoms with Crippen LogP contribution in [0.3, 0.4) is 0 Å².